The average Bonchev–Trinajstić information content (AvgIpc) is 2.53. The van der Waals surface area contributed by atoms with Crippen LogP contribution in [0.3, 0.4) is 0 Å². The minimum Gasteiger partial charge on any atom is -0.369 e. The van der Waals surface area contributed by atoms with Crippen LogP contribution in [0.25, 0.3) is 0 Å². The van der Waals surface area contributed by atoms with Gasteiger partial charge in [-0.2, -0.15) is 0 Å². The average molecular weight is 349 g/mol. The molecule has 1 aromatic rings. The van der Waals surface area contributed by atoms with Gasteiger partial charge in [0.05, 0.1) is 17.3 Å². The fraction of sp³-hybridized carbons (Fsp3) is 0.632. The van der Waals surface area contributed by atoms with E-state index in [4.69, 9.17) is 4.74 Å². The summed E-state index contributed by atoms with van der Waals surface area (Å²) < 4.78 is 19.8. The van der Waals surface area contributed by atoms with E-state index < -0.39 is 5.60 Å². The van der Waals surface area contributed by atoms with Gasteiger partial charge in [0.1, 0.15) is 5.82 Å². The Bertz CT molecular complexity index is 642. The number of amides is 1. The zero-order valence-electron chi connectivity index (χ0n) is 15.6. The van der Waals surface area contributed by atoms with E-state index in [0.29, 0.717) is 18.7 Å². The molecule has 2 saturated heterocycles. The van der Waals surface area contributed by atoms with Crippen LogP contribution in [0.15, 0.2) is 18.2 Å². The Labute approximate surface area is 149 Å². The first-order valence-corrected chi connectivity index (χ1v) is 8.95. The lowest BCUT2D eigenvalue weighted by Crippen LogP contribution is -2.54. The van der Waals surface area contributed by atoms with Crippen molar-refractivity contribution in [1.29, 1.82) is 0 Å². The second-order valence-electron chi connectivity index (χ2n) is 7.83. The van der Waals surface area contributed by atoms with Crippen molar-refractivity contribution in [3.05, 3.63) is 29.6 Å². The molecule has 2 heterocycles. The second-order valence-corrected chi connectivity index (χ2v) is 7.83. The van der Waals surface area contributed by atoms with Gasteiger partial charge in [0.2, 0.25) is 0 Å². The molecule has 0 unspecified atom stereocenters. The van der Waals surface area contributed by atoms with E-state index in [1.165, 1.54) is 12.1 Å². The van der Waals surface area contributed by atoms with E-state index in [2.05, 4.69) is 16.8 Å². The summed E-state index contributed by atoms with van der Waals surface area (Å²) in [5.41, 5.74) is 0.889. The topological polar surface area (TPSA) is 36.0 Å². The first-order valence-electron chi connectivity index (χ1n) is 8.95. The van der Waals surface area contributed by atoms with E-state index >= 15 is 0 Å². The van der Waals surface area contributed by atoms with Gasteiger partial charge in [-0.3, -0.25) is 4.79 Å². The zero-order chi connectivity index (χ0) is 18.2. The van der Waals surface area contributed by atoms with E-state index in [-0.39, 0.29) is 17.8 Å². The molecule has 0 bridgehead atoms. The number of piperazine rings is 1. The summed E-state index contributed by atoms with van der Waals surface area (Å²) >= 11 is 0. The summed E-state index contributed by atoms with van der Waals surface area (Å²) in [5, 5.41) is 0. The van der Waals surface area contributed by atoms with Gasteiger partial charge in [0.15, 0.2) is 0 Å². The van der Waals surface area contributed by atoms with Crippen LogP contribution in [0.4, 0.5) is 10.1 Å². The van der Waals surface area contributed by atoms with E-state index in [1.807, 2.05) is 20.8 Å². The Balaban J connectivity index is 1.88. The number of likely N-dealkylation sites (N-methyl/N-ethyl adjacent to an activating group) is 1. The Morgan fingerprint density at radius 2 is 1.92 bits per heavy atom. The number of carbonyl (C=O) groups excluding carboxylic acids is 1. The number of rotatable bonds is 2. The zero-order valence-corrected chi connectivity index (χ0v) is 15.6. The normalized spacial score (nSPS) is 24.4. The minimum absolute atomic E-state index is 0.0339. The number of halogens is 1. The van der Waals surface area contributed by atoms with Crippen molar-refractivity contribution >= 4 is 11.6 Å². The lowest BCUT2D eigenvalue weighted by Gasteiger charge is -2.42. The maximum absolute atomic E-state index is 13.9. The van der Waals surface area contributed by atoms with Crippen molar-refractivity contribution < 1.29 is 13.9 Å². The number of carbonyl (C=O) groups is 1. The molecular weight excluding hydrogens is 321 g/mol. The number of benzene rings is 1. The van der Waals surface area contributed by atoms with E-state index in [1.54, 1.807) is 11.0 Å². The van der Waals surface area contributed by atoms with Gasteiger partial charge in [-0.15, -0.1) is 0 Å². The Hall–Kier alpha value is -1.66. The van der Waals surface area contributed by atoms with Crippen LogP contribution in [-0.2, 0) is 4.74 Å². The molecule has 1 atom stereocenters. The quantitative estimate of drug-likeness (QED) is 0.820. The van der Waals surface area contributed by atoms with Gasteiger partial charge in [0.25, 0.3) is 5.91 Å². The number of anilines is 1. The Morgan fingerprint density at radius 1 is 1.24 bits per heavy atom. The molecule has 0 radical (unpaired) electrons. The predicted molar refractivity (Wildman–Crippen MR) is 96.6 cm³/mol. The fourth-order valence-electron chi connectivity index (χ4n) is 3.78. The molecule has 0 spiro atoms. The van der Waals surface area contributed by atoms with Gasteiger partial charge < -0.3 is 19.4 Å². The Kier molecular flexibility index (Phi) is 5.02. The molecule has 0 aromatic heterocycles. The summed E-state index contributed by atoms with van der Waals surface area (Å²) in [5.74, 6) is -0.488. The van der Waals surface area contributed by atoms with Crippen LogP contribution in [0.2, 0.25) is 0 Å². The third kappa shape index (κ3) is 4.12. The molecule has 2 fully saturated rings. The van der Waals surface area contributed by atoms with E-state index in [9.17, 15) is 9.18 Å². The molecule has 5 nitrogen and oxygen atoms in total. The monoisotopic (exact) mass is 349 g/mol. The van der Waals surface area contributed by atoms with Crippen molar-refractivity contribution in [3.8, 4) is 0 Å². The maximum atomic E-state index is 13.9. The number of hydrogen-bond acceptors (Lipinski definition) is 4. The molecule has 2 aliphatic rings. The summed E-state index contributed by atoms with van der Waals surface area (Å²) in [6.07, 6.45) is -0.0339. The van der Waals surface area contributed by atoms with Crippen molar-refractivity contribution in [3.63, 3.8) is 0 Å². The molecule has 6 heteroatoms. The highest BCUT2D eigenvalue weighted by Gasteiger charge is 2.35. The van der Waals surface area contributed by atoms with Crippen LogP contribution in [-0.4, -0.2) is 73.7 Å². The van der Waals surface area contributed by atoms with Gasteiger partial charge in [-0.25, -0.2) is 4.39 Å². The highest BCUT2D eigenvalue weighted by Crippen LogP contribution is 2.28. The molecule has 138 valence electrons. The molecule has 1 aromatic carbocycles. The second kappa shape index (κ2) is 6.92. The number of morpholine rings is 1. The Morgan fingerprint density at radius 3 is 2.56 bits per heavy atom. The summed E-state index contributed by atoms with van der Waals surface area (Å²) in [6.45, 7) is 10.5. The van der Waals surface area contributed by atoms with Crippen LogP contribution in [0.1, 0.15) is 31.1 Å². The molecule has 0 saturated carbocycles. The molecule has 0 aliphatic carbocycles. The van der Waals surface area contributed by atoms with Gasteiger partial charge >= 0.3 is 0 Å². The van der Waals surface area contributed by atoms with Crippen LogP contribution < -0.4 is 4.90 Å². The van der Waals surface area contributed by atoms with Crippen molar-refractivity contribution in [2.24, 2.45) is 0 Å². The number of hydrogen-bond donors (Lipinski definition) is 0. The minimum atomic E-state index is -0.394. The number of ether oxygens (including phenoxy) is 1. The van der Waals surface area contributed by atoms with Crippen molar-refractivity contribution in [2.45, 2.75) is 32.5 Å². The standard InChI is InChI=1S/C19H28FN3O2/c1-14-12-23(13-19(2,3)25-14)18(24)16-11-15(20)5-6-17(16)22-9-7-21(4)8-10-22/h5-6,11,14H,7-10,12-13H2,1-4H3/t14-/m1/s1. The summed E-state index contributed by atoms with van der Waals surface area (Å²) in [4.78, 5) is 19.4. The smallest absolute Gasteiger partial charge is 0.256 e. The molecule has 0 N–H and O–H groups in total. The van der Waals surface area contributed by atoms with Gasteiger partial charge in [0, 0.05) is 45.0 Å². The van der Waals surface area contributed by atoms with Crippen molar-refractivity contribution in [2.75, 3.05) is 51.2 Å². The molecule has 3 rings (SSSR count). The largest absolute Gasteiger partial charge is 0.369 e. The first-order chi connectivity index (χ1) is 11.7. The van der Waals surface area contributed by atoms with Gasteiger partial charge in [-0.05, 0) is 46.0 Å². The SMILES string of the molecule is C[C@@H]1CN(C(=O)c2cc(F)ccc2N2CCN(C)CC2)CC(C)(C)O1. The molecule has 25 heavy (non-hydrogen) atoms. The summed E-state index contributed by atoms with van der Waals surface area (Å²) in [6, 6.07) is 4.56. The van der Waals surface area contributed by atoms with Crippen molar-refractivity contribution in [1.82, 2.24) is 9.80 Å². The third-order valence-corrected chi connectivity index (χ3v) is 4.89. The summed E-state index contributed by atoms with van der Waals surface area (Å²) in [7, 11) is 2.09. The van der Waals surface area contributed by atoms with Gasteiger partial charge in [-0.1, -0.05) is 0 Å². The third-order valence-electron chi connectivity index (χ3n) is 4.89. The fourth-order valence-corrected chi connectivity index (χ4v) is 3.78. The molecule has 1 amide bonds. The molecular formula is C19H28FN3O2. The lowest BCUT2D eigenvalue weighted by atomic mass is 10.0. The highest BCUT2D eigenvalue weighted by atomic mass is 19.1. The van der Waals surface area contributed by atoms with Crippen LogP contribution in [0, 0.1) is 5.82 Å². The highest BCUT2D eigenvalue weighted by molar-refractivity contribution is 6.00. The van der Waals surface area contributed by atoms with Crippen LogP contribution >= 0.6 is 0 Å². The lowest BCUT2D eigenvalue weighted by molar-refractivity contribution is -0.118. The van der Waals surface area contributed by atoms with Crippen LogP contribution in [0.5, 0.6) is 0 Å². The van der Waals surface area contributed by atoms with E-state index in [0.717, 1.165) is 31.9 Å². The predicted octanol–water partition coefficient (Wildman–Crippen LogP) is 2.22. The first kappa shape index (κ1) is 18.1. The molecule has 2 aliphatic heterocycles. The number of nitrogens with zero attached hydrogens (tertiary/aromatic N) is 3. The maximum Gasteiger partial charge on any atom is 0.256 e.